The van der Waals surface area contributed by atoms with Gasteiger partial charge in [0.1, 0.15) is 0 Å². The molecular formula is C19H22N2O2S. The van der Waals surface area contributed by atoms with E-state index >= 15 is 0 Å². The highest BCUT2D eigenvalue weighted by Crippen LogP contribution is 2.23. The first kappa shape index (κ1) is 16.7. The zero-order valence-corrected chi connectivity index (χ0v) is 14.8. The molecular weight excluding hydrogens is 320 g/mol. The van der Waals surface area contributed by atoms with Crippen LogP contribution in [0.3, 0.4) is 0 Å². The second-order valence-corrected chi connectivity index (χ2v) is 7.61. The molecule has 1 aromatic heterocycles. The molecule has 4 nitrogen and oxygen atoms in total. The second-order valence-electron chi connectivity index (χ2n) is 6.66. The summed E-state index contributed by atoms with van der Waals surface area (Å²) < 4.78 is 0. The molecule has 3 rings (SSSR count). The van der Waals surface area contributed by atoms with Crippen molar-refractivity contribution in [2.45, 2.75) is 20.3 Å². The van der Waals surface area contributed by atoms with Crippen LogP contribution in [0, 0.1) is 11.8 Å². The molecule has 1 aromatic carbocycles. The van der Waals surface area contributed by atoms with Crippen LogP contribution in [0.5, 0.6) is 0 Å². The number of nitrogens with one attached hydrogen (secondary N) is 1. The summed E-state index contributed by atoms with van der Waals surface area (Å²) >= 11 is 1.40. The van der Waals surface area contributed by atoms with E-state index in [-0.39, 0.29) is 11.8 Å². The summed E-state index contributed by atoms with van der Waals surface area (Å²) in [7, 11) is 0. The van der Waals surface area contributed by atoms with Crippen LogP contribution in [-0.2, 0) is 0 Å². The average molecular weight is 342 g/mol. The Morgan fingerprint density at radius 3 is 2.33 bits per heavy atom. The number of anilines is 1. The third kappa shape index (κ3) is 3.85. The lowest BCUT2D eigenvalue weighted by atomic mass is 9.91. The lowest BCUT2D eigenvalue weighted by Crippen LogP contribution is -2.42. The van der Waals surface area contributed by atoms with E-state index < -0.39 is 0 Å². The standard InChI is InChI=1S/C19H22N2O2S/c1-13-10-14(2)12-21(11-13)19(23)15-5-7-16(8-6-15)20-18(22)17-4-3-9-24-17/h3-9,13-14H,10-12H2,1-2H3,(H,20,22)/t13-,14+. The number of hydrogen-bond donors (Lipinski definition) is 1. The molecule has 0 radical (unpaired) electrons. The Hall–Kier alpha value is -2.14. The van der Waals surface area contributed by atoms with Crippen LogP contribution in [-0.4, -0.2) is 29.8 Å². The van der Waals surface area contributed by atoms with E-state index in [1.165, 1.54) is 17.8 Å². The lowest BCUT2D eigenvalue weighted by molar-refractivity contribution is 0.0623. The Balaban J connectivity index is 1.65. The number of likely N-dealkylation sites (tertiary alicyclic amines) is 1. The number of benzene rings is 1. The molecule has 0 saturated carbocycles. The van der Waals surface area contributed by atoms with Gasteiger partial charge in [0.25, 0.3) is 11.8 Å². The zero-order chi connectivity index (χ0) is 17.1. The third-order valence-electron chi connectivity index (χ3n) is 4.29. The minimum absolute atomic E-state index is 0.0736. The number of carbonyl (C=O) groups excluding carboxylic acids is 2. The topological polar surface area (TPSA) is 49.4 Å². The predicted octanol–water partition coefficient (Wildman–Crippen LogP) is 4.12. The van der Waals surface area contributed by atoms with Gasteiger partial charge in [-0.2, -0.15) is 0 Å². The van der Waals surface area contributed by atoms with E-state index in [0.29, 0.717) is 28.0 Å². The van der Waals surface area contributed by atoms with Crippen molar-refractivity contribution < 1.29 is 9.59 Å². The fraction of sp³-hybridized carbons (Fsp3) is 0.368. The molecule has 2 atom stereocenters. The van der Waals surface area contributed by atoms with Crippen LogP contribution in [0.2, 0.25) is 0 Å². The molecule has 1 aliphatic rings. The fourth-order valence-electron chi connectivity index (χ4n) is 3.31. The van der Waals surface area contributed by atoms with Gasteiger partial charge in [0.2, 0.25) is 0 Å². The van der Waals surface area contributed by atoms with Gasteiger partial charge in [-0.3, -0.25) is 9.59 Å². The summed E-state index contributed by atoms with van der Waals surface area (Å²) in [6.07, 6.45) is 1.18. The van der Waals surface area contributed by atoms with Crippen molar-refractivity contribution in [2.24, 2.45) is 11.8 Å². The molecule has 1 N–H and O–H groups in total. The molecule has 24 heavy (non-hydrogen) atoms. The van der Waals surface area contributed by atoms with Crippen LogP contribution >= 0.6 is 11.3 Å². The molecule has 0 unspecified atom stereocenters. The number of thiophene rings is 1. The zero-order valence-electron chi connectivity index (χ0n) is 14.0. The van der Waals surface area contributed by atoms with Crippen molar-refractivity contribution in [3.05, 3.63) is 52.2 Å². The number of hydrogen-bond acceptors (Lipinski definition) is 3. The summed E-state index contributed by atoms with van der Waals surface area (Å²) in [6.45, 7) is 6.03. The lowest BCUT2D eigenvalue weighted by Gasteiger charge is -2.35. The van der Waals surface area contributed by atoms with Crippen molar-refractivity contribution >= 4 is 28.8 Å². The molecule has 2 amide bonds. The normalized spacial score (nSPS) is 20.7. The van der Waals surface area contributed by atoms with Gasteiger partial charge in [0, 0.05) is 24.3 Å². The van der Waals surface area contributed by atoms with Crippen molar-refractivity contribution in [1.82, 2.24) is 4.90 Å². The SMILES string of the molecule is C[C@@H]1C[C@H](C)CN(C(=O)c2ccc(NC(=O)c3cccs3)cc2)C1. The van der Waals surface area contributed by atoms with Crippen LogP contribution < -0.4 is 5.32 Å². The summed E-state index contributed by atoms with van der Waals surface area (Å²) in [5, 5.41) is 4.72. The highest BCUT2D eigenvalue weighted by molar-refractivity contribution is 7.12. The number of amides is 2. The Morgan fingerprint density at radius 2 is 1.75 bits per heavy atom. The van der Waals surface area contributed by atoms with Crippen LogP contribution in [0.1, 0.15) is 40.3 Å². The van der Waals surface area contributed by atoms with Crippen LogP contribution in [0.25, 0.3) is 0 Å². The molecule has 1 aliphatic heterocycles. The predicted molar refractivity (Wildman–Crippen MR) is 97.6 cm³/mol. The minimum atomic E-state index is -0.122. The van der Waals surface area contributed by atoms with Crippen molar-refractivity contribution in [1.29, 1.82) is 0 Å². The van der Waals surface area contributed by atoms with Crippen molar-refractivity contribution in [2.75, 3.05) is 18.4 Å². The highest BCUT2D eigenvalue weighted by Gasteiger charge is 2.26. The first-order chi connectivity index (χ1) is 11.5. The monoisotopic (exact) mass is 342 g/mol. The summed E-state index contributed by atoms with van der Waals surface area (Å²) in [5.41, 5.74) is 1.37. The third-order valence-corrected chi connectivity index (χ3v) is 5.16. The largest absolute Gasteiger partial charge is 0.338 e. The molecule has 0 aliphatic carbocycles. The van der Waals surface area contributed by atoms with Crippen molar-refractivity contribution in [3.8, 4) is 0 Å². The summed E-state index contributed by atoms with van der Waals surface area (Å²) in [5.74, 6) is 1.04. The van der Waals surface area contributed by atoms with Gasteiger partial charge in [-0.05, 0) is 54.0 Å². The maximum atomic E-state index is 12.7. The maximum absolute atomic E-state index is 12.7. The Kier molecular flexibility index (Phi) is 5.00. The average Bonchev–Trinajstić information content (AvgIpc) is 3.08. The number of carbonyl (C=O) groups is 2. The Morgan fingerprint density at radius 1 is 1.08 bits per heavy atom. The smallest absolute Gasteiger partial charge is 0.265 e. The molecule has 0 spiro atoms. The van der Waals surface area contributed by atoms with Gasteiger partial charge >= 0.3 is 0 Å². The molecule has 1 saturated heterocycles. The van der Waals surface area contributed by atoms with Crippen LogP contribution in [0.15, 0.2) is 41.8 Å². The highest BCUT2D eigenvalue weighted by atomic mass is 32.1. The molecule has 5 heteroatoms. The number of piperidine rings is 1. The molecule has 126 valence electrons. The first-order valence-corrected chi connectivity index (χ1v) is 9.15. The van der Waals surface area contributed by atoms with Gasteiger partial charge in [-0.15, -0.1) is 11.3 Å². The Labute approximate surface area is 146 Å². The van der Waals surface area contributed by atoms with E-state index in [2.05, 4.69) is 19.2 Å². The molecule has 0 bridgehead atoms. The molecule has 2 heterocycles. The molecule has 1 fully saturated rings. The van der Waals surface area contributed by atoms with Crippen LogP contribution in [0.4, 0.5) is 5.69 Å². The minimum Gasteiger partial charge on any atom is -0.338 e. The van der Waals surface area contributed by atoms with Gasteiger partial charge in [0.15, 0.2) is 0 Å². The van der Waals surface area contributed by atoms with E-state index in [1.54, 1.807) is 30.3 Å². The molecule has 2 aromatic rings. The van der Waals surface area contributed by atoms with Crippen molar-refractivity contribution in [3.63, 3.8) is 0 Å². The van der Waals surface area contributed by atoms with E-state index in [0.717, 1.165) is 13.1 Å². The summed E-state index contributed by atoms with van der Waals surface area (Å²) in [6, 6.07) is 10.8. The number of nitrogens with zero attached hydrogens (tertiary/aromatic N) is 1. The van der Waals surface area contributed by atoms with E-state index in [9.17, 15) is 9.59 Å². The van der Waals surface area contributed by atoms with Gasteiger partial charge in [-0.25, -0.2) is 0 Å². The summed E-state index contributed by atoms with van der Waals surface area (Å²) in [4.78, 5) is 27.3. The quantitative estimate of drug-likeness (QED) is 0.912. The van der Waals surface area contributed by atoms with Gasteiger partial charge in [0.05, 0.1) is 4.88 Å². The fourth-order valence-corrected chi connectivity index (χ4v) is 3.93. The Bertz CT molecular complexity index is 699. The van der Waals surface area contributed by atoms with E-state index in [1.807, 2.05) is 16.3 Å². The second kappa shape index (κ2) is 7.18. The van der Waals surface area contributed by atoms with Gasteiger partial charge in [-0.1, -0.05) is 19.9 Å². The first-order valence-electron chi connectivity index (χ1n) is 8.27. The van der Waals surface area contributed by atoms with Gasteiger partial charge < -0.3 is 10.2 Å². The van der Waals surface area contributed by atoms with E-state index in [4.69, 9.17) is 0 Å². The number of rotatable bonds is 3. The maximum Gasteiger partial charge on any atom is 0.265 e.